The van der Waals surface area contributed by atoms with Gasteiger partial charge in [0.2, 0.25) is 5.91 Å². The molecule has 3 heterocycles. The van der Waals surface area contributed by atoms with Crippen LogP contribution in [0, 0.1) is 0 Å². The van der Waals surface area contributed by atoms with Gasteiger partial charge in [-0.15, -0.1) is 0 Å². The quantitative estimate of drug-likeness (QED) is 0.765. The molecule has 1 aliphatic heterocycles. The Labute approximate surface area is 110 Å². The van der Waals surface area contributed by atoms with Gasteiger partial charge in [-0.3, -0.25) is 10.1 Å². The van der Waals surface area contributed by atoms with Gasteiger partial charge in [-0.05, 0) is 19.1 Å². The maximum atomic E-state index is 12.2. The summed E-state index contributed by atoms with van der Waals surface area (Å²) in [5, 5.41) is 6.14. The third-order valence-electron chi connectivity index (χ3n) is 3.38. The highest BCUT2D eigenvalue weighted by Crippen LogP contribution is 2.15. The van der Waals surface area contributed by atoms with Crippen molar-refractivity contribution in [1.82, 2.24) is 20.6 Å². The van der Waals surface area contributed by atoms with Crippen LogP contribution in [0.3, 0.4) is 0 Å². The molecule has 3 N–H and O–H groups in total. The molecule has 0 radical (unpaired) electrons. The Hall–Kier alpha value is -2.08. The van der Waals surface area contributed by atoms with E-state index >= 15 is 0 Å². The molecule has 0 fully saturated rings. The van der Waals surface area contributed by atoms with Crippen molar-refractivity contribution >= 4 is 5.91 Å². The molecule has 2 atom stereocenters. The van der Waals surface area contributed by atoms with Crippen LogP contribution in [-0.2, 0) is 17.8 Å². The maximum Gasteiger partial charge on any atom is 0.238 e. The number of aromatic amines is 1. The number of amides is 1. The van der Waals surface area contributed by atoms with E-state index in [9.17, 15) is 4.79 Å². The van der Waals surface area contributed by atoms with Crippen molar-refractivity contribution in [3.63, 3.8) is 0 Å². The van der Waals surface area contributed by atoms with Crippen molar-refractivity contribution in [1.29, 1.82) is 0 Å². The topological polar surface area (TPSA) is 83.0 Å². The largest absolute Gasteiger partial charge is 0.467 e. The van der Waals surface area contributed by atoms with Crippen molar-refractivity contribution in [2.45, 2.75) is 32.0 Å². The maximum absolute atomic E-state index is 12.2. The number of carbonyl (C=O) groups is 1. The minimum absolute atomic E-state index is 0.0300. The highest BCUT2D eigenvalue weighted by Gasteiger charge is 2.26. The Kier molecular flexibility index (Phi) is 3.08. The third-order valence-corrected chi connectivity index (χ3v) is 3.38. The van der Waals surface area contributed by atoms with Crippen molar-refractivity contribution in [3.8, 4) is 0 Å². The van der Waals surface area contributed by atoms with Crippen molar-refractivity contribution in [3.05, 3.63) is 41.9 Å². The van der Waals surface area contributed by atoms with Crippen molar-refractivity contribution in [2.24, 2.45) is 0 Å². The Balaban J connectivity index is 1.63. The van der Waals surface area contributed by atoms with E-state index in [1.165, 1.54) is 0 Å². The van der Waals surface area contributed by atoms with Crippen molar-refractivity contribution in [2.75, 3.05) is 0 Å². The summed E-state index contributed by atoms with van der Waals surface area (Å²) in [6.07, 6.45) is 3.88. The van der Waals surface area contributed by atoms with Gasteiger partial charge in [-0.25, -0.2) is 4.98 Å². The van der Waals surface area contributed by atoms with Crippen LogP contribution in [0.1, 0.15) is 30.1 Å². The van der Waals surface area contributed by atoms with Gasteiger partial charge in [-0.1, -0.05) is 0 Å². The number of nitrogens with zero attached hydrogens (tertiary/aromatic N) is 1. The van der Waals surface area contributed by atoms with Gasteiger partial charge in [0, 0.05) is 13.0 Å². The number of hydrogen-bond donors (Lipinski definition) is 3. The summed E-state index contributed by atoms with van der Waals surface area (Å²) in [4.78, 5) is 19.5. The number of H-pyrrole nitrogens is 1. The van der Waals surface area contributed by atoms with Crippen LogP contribution < -0.4 is 10.6 Å². The monoisotopic (exact) mass is 260 g/mol. The Morgan fingerprint density at radius 3 is 3.32 bits per heavy atom. The lowest BCUT2D eigenvalue weighted by molar-refractivity contribution is -0.124. The van der Waals surface area contributed by atoms with Gasteiger partial charge in [0.25, 0.3) is 0 Å². The number of carbonyl (C=O) groups excluding carboxylic acids is 1. The van der Waals surface area contributed by atoms with E-state index in [-0.39, 0.29) is 18.0 Å². The van der Waals surface area contributed by atoms with Crippen molar-refractivity contribution < 1.29 is 9.21 Å². The molecule has 2 aromatic rings. The van der Waals surface area contributed by atoms with E-state index in [0.717, 1.165) is 17.1 Å². The Morgan fingerprint density at radius 2 is 2.53 bits per heavy atom. The molecule has 1 aliphatic rings. The smallest absolute Gasteiger partial charge is 0.238 e. The van der Waals surface area contributed by atoms with Crippen LogP contribution in [0.15, 0.2) is 29.1 Å². The molecule has 3 rings (SSSR count). The molecule has 100 valence electrons. The number of rotatable bonds is 3. The van der Waals surface area contributed by atoms with E-state index in [0.29, 0.717) is 13.0 Å². The molecule has 2 aromatic heterocycles. The molecule has 0 aromatic carbocycles. The van der Waals surface area contributed by atoms with Crippen LogP contribution in [0.4, 0.5) is 0 Å². The molecule has 0 saturated carbocycles. The van der Waals surface area contributed by atoms with E-state index in [4.69, 9.17) is 4.42 Å². The van der Waals surface area contributed by atoms with E-state index < -0.39 is 0 Å². The van der Waals surface area contributed by atoms with Gasteiger partial charge < -0.3 is 14.7 Å². The molecule has 0 saturated heterocycles. The zero-order valence-corrected chi connectivity index (χ0v) is 10.6. The highest BCUT2D eigenvalue weighted by atomic mass is 16.3. The predicted molar refractivity (Wildman–Crippen MR) is 68.2 cm³/mol. The lowest BCUT2D eigenvalue weighted by Gasteiger charge is -2.23. The molecule has 0 spiro atoms. The number of aromatic nitrogens is 2. The molecule has 6 heteroatoms. The molecule has 19 heavy (non-hydrogen) atoms. The fourth-order valence-electron chi connectivity index (χ4n) is 2.28. The van der Waals surface area contributed by atoms with Gasteiger partial charge in [-0.2, -0.15) is 0 Å². The summed E-state index contributed by atoms with van der Waals surface area (Å²) in [7, 11) is 0. The predicted octanol–water partition coefficient (Wildman–Crippen LogP) is 0.894. The van der Waals surface area contributed by atoms with Crippen LogP contribution in [0.2, 0.25) is 0 Å². The summed E-state index contributed by atoms with van der Waals surface area (Å²) in [5.74, 6) is 0.724. The van der Waals surface area contributed by atoms with E-state index in [2.05, 4.69) is 20.6 Å². The molecule has 6 nitrogen and oxygen atoms in total. The first-order valence-electron chi connectivity index (χ1n) is 6.32. The molecular weight excluding hydrogens is 244 g/mol. The van der Waals surface area contributed by atoms with Crippen LogP contribution in [-0.4, -0.2) is 21.9 Å². The fraction of sp³-hybridized carbons (Fsp3) is 0.385. The summed E-state index contributed by atoms with van der Waals surface area (Å²) >= 11 is 0. The zero-order valence-electron chi connectivity index (χ0n) is 10.6. The lowest BCUT2D eigenvalue weighted by atomic mass is 10.0. The second-order valence-electron chi connectivity index (χ2n) is 4.71. The minimum atomic E-state index is -0.242. The van der Waals surface area contributed by atoms with Gasteiger partial charge in [0.15, 0.2) is 0 Å². The van der Waals surface area contributed by atoms with Crippen LogP contribution >= 0.6 is 0 Å². The number of fused-ring (bicyclic) bond motifs is 1. The fourth-order valence-corrected chi connectivity index (χ4v) is 2.28. The summed E-state index contributed by atoms with van der Waals surface area (Å²) < 4.78 is 5.27. The first kappa shape index (κ1) is 12.0. The molecule has 1 amide bonds. The van der Waals surface area contributed by atoms with Gasteiger partial charge in [0.1, 0.15) is 5.76 Å². The molecular formula is C13H16N4O2. The Morgan fingerprint density at radius 1 is 1.63 bits per heavy atom. The first-order valence-corrected chi connectivity index (χ1v) is 6.32. The summed E-state index contributed by atoms with van der Waals surface area (Å²) in [6.45, 7) is 2.54. The molecule has 2 unspecified atom stereocenters. The third kappa shape index (κ3) is 2.39. The van der Waals surface area contributed by atoms with Gasteiger partial charge in [0.05, 0.1) is 36.1 Å². The second kappa shape index (κ2) is 4.89. The van der Waals surface area contributed by atoms with Crippen LogP contribution in [0.5, 0.6) is 0 Å². The minimum Gasteiger partial charge on any atom is -0.467 e. The van der Waals surface area contributed by atoms with Crippen LogP contribution in [0.25, 0.3) is 0 Å². The first-order chi connectivity index (χ1) is 9.24. The number of nitrogens with one attached hydrogen (secondary N) is 3. The highest BCUT2D eigenvalue weighted by molar-refractivity contribution is 5.82. The number of furan rings is 1. The summed E-state index contributed by atoms with van der Waals surface area (Å²) in [6, 6.07) is 3.29. The number of imidazole rings is 1. The standard InChI is InChI=1S/C13H16N4O2/c1-8(12-3-2-4-19-12)17-13(18)10-5-9-11(6-14-10)16-7-15-9/h2-4,7-8,10,14H,5-6H2,1H3,(H,15,16)(H,17,18). The average molecular weight is 260 g/mol. The second-order valence-corrected chi connectivity index (χ2v) is 4.71. The van der Waals surface area contributed by atoms with E-state index in [1.54, 1.807) is 12.6 Å². The van der Waals surface area contributed by atoms with E-state index in [1.807, 2.05) is 19.1 Å². The molecule has 0 bridgehead atoms. The number of hydrogen-bond acceptors (Lipinski definition) is 4. The summed E-state index contributed by atoms with van der Waals surface area (Å²) in [5.41, 5.74) is 2.02. The van der Waals surface area contributed by atoms with Gasteiger partial charge >= 0.3 is 0 Å². The SMILES string of the molecule is CC(NC(=O)C1Cc2nc[nH]c2CN1)c1ccco1. The zero-order chi connectivity index (χ0) is 13.2. The Bertz CT molecular complexity index is 561. The lowest BCUT2D eigenvalue weighted by Crippen LogP contribution is -2.48. The molecule has 0 aliphatic carbocycles. The normalized spacial score (nSPS) is 19.7. The average Bonchev–Trinajstić information content (AvgIpc) is 3.09.